The van der Waals surface area contributed by atoms with Crippen molar-refractivity contribution in [3.63, 3.8) is 0 Å². The average molecular weight is 287 g/mol. The lowest BCUT2D eigenvalue weighted by Gasteiger charge is -2.15. The van der Waals surface area contributed by atoms with Gasteiger partial charge in [0.2, 0.25) is 0 Å². The second-order valence-corrected chi connectivity index (χ2v) is 4.71. The van der Waals surface area contributed by atoms with Crippen LogP contribution in [0, 0.1) is 0 Å². The Morgan fingerprint density at radius 1 is 1.00 bits per heavy atom. The maximum atomic E-state index is 10.1. The Morgan fingerprint density at radius 3 is 2.43 bits per heavy atom. The van der Waals surface area contributed by atoms with E-state index in [1.54, 1.807) is 14.2 Å². The van der Waals surface area contributed by atoms with Crippen molar-refractivity contribution in [2.45, 2.75) is 12.6 Å². The lowest BCUT2D eigenvalue weighted by molar-refractivity contribution is 0.174. The number of hydrogen-bond donors (Lipinski definition) is 2. The van der Waals surface area contributed by atoms with Crippen molar-refractivity contribution >= 4 is 0 Å². The third-order valence-corrected chi connectivity index (χ3v) is 3.32. The number of aliphatic hydroxyl groups is 1. The van der Waals surface area contributed by atoms with Gasteiger partial charge in [0.05, 0.1) is 20.3 Å². The molecule has 0 radical (unpaired) electrons. The molecule has 2 rings (SSSR count). The highest BCUT2D eigenvalue weighted by atomic mass is 16.5. The summed E-state index contributed by atoms with van der Waals surface area (Å²) in [4.78, 5) is 0. The van der Waals surface area contributed by atoms with Crippen LogP contribution in [0.4, 0.5) is 0 Å². The van der Waals surface area contributed by atoms with Gasteiger partial charge in [0.25, 0.3) is 0 Å². The quantitative estimate of drug-likeness (QED) is 0.821. The number of ether oxygens (including phenoxy) is 2. The van der Waals surface area contributed by atoms with Crippen molar-refractivity contribution in [1.29, 1.82) is 0 Å². The molecule has 0 aliphatic rings. The van der Waals surface area contributed by atoms with Gasteiger partial charge in [-0.15, -0.1) is 0 Å². The molecular formula is C17H21NO3. The van der Waals surface area contributed by atoms with Gasteiger partial charge in [0.15, 0.2) is 11.5 Å². The number of aliphatic hydroxyl groups excluding tert-OH is 1. The molecule has 4 nitrogen and oxygen atoms in total. The molecular weight excluding hydrogens is 266 g/mol. The van der Waals surface area contributed by atoms with E-state index < -0.39 is 6.10 Å². The fourth-order valence-corrected chi connectivity index (χ4v) is 2.23. The third kappa shape index (κ3) is 3.97. The normalized spacial score (nSPS) is 12.0. The van der Waals surface area contributed by atoms with Crippen LogP contribution in [0.15, 0.2) is 48.5 Å². The largest absolute Gasteiger partial charge is 0.493 e. The monoisotopic (exact) mass is 287 g/mol. The second-order valence-electron chi connectivity index (χ2n) is 4.71. The van der Waals surface area contributed by atoms with E-state index in [0.29, 0.717) is 18.8 Å². The van der Waals surface area contributed by atoms with E-state index in [0.717, 1.165) is 16.9 Å². The summed E-state index contributed by atoms with van der Waals surface area (Å²) in [6.07, 6.45) is -0.525. The number of hydrogen-bond acceptors (Lipinski definition) is 4. The van der Waals surface area contributed by atoms with Gasteiger partial charge in [-0.1, -0.05) is 42.5 Å². The zero-order valence-corrected chi connectivity index (χ0v) is 12.4. The van der Waals surface area contributed by atoms with Crippen LogP contribution in [0.5, 0.6) is 11.5 Å². The van der Waals surface area contributed by atoms with E-state index >= 15 is 0 Å². The summed E-state index contributed by atoms with van der Waals surface area (Å²) >= 11 is 0. The summed E-state index contributed by atoms with van der Waals surface area (Å²) in [6.45, 7) is 1.08. The summed E-state index contributed by atoms with van der Waals surface area (Å²) < 4.78 is 10.7. The smallest absolute Gasteiger partial charge is 0.165 e. The van der Waals surface area contributed by atoms with Crippen LogP contribution in [-0.4, -0.2) is 25.9 Å². The average Bonchev–Trinajstić information content (AvgIpc) is 2.55. The summed E-state index contributed by atoms with van der Waals surface area (Å²) in [7, 11) is 3.24. The Labute approximate surface area is 125 Å². The zero-order valence-electron chi connectivity index (χ0n) is 12.4. The minimum Gasteiger partial charge on any atom is -0.493 e. The fraction of sp³-hybridized carbons (Fsp3) is 0.294. The molecule has 2 aromatic rings. The molecule has 21 heavy (non-hydrogen) atoms. The molecule has 2 aromatic carbocycles. The first-order chi connectivity index (χ1) is 10.3. The van der Waals surface area contributed by atoms with E-state index in [2.05, 4.69) is 5.32 Å². The molecule has 0 aliphatic heterocycles. The molecule has 0 fully saturated rings. The van der Waals surface area contributed by atoms with E-state index in [1.807, 2.05) is 48.5 Å². The van der Waals surface area contributed by atoms with Gasteiger partial charge in [-0.3, -0.25) is 0 Å². The highest BCUT2D eigenvalue weighted by molar-refractivity contribution is 5.46. The maximum Gasteiger partial charge on any atom is 0.165 e. The minimum atomic E-state index is -0.525. The zero-order chi connectivity index (χ0) is 15.1. The van der Waals surface area contributed by atoms with Crippen LogP contribution in [0.25, 0.3) is 0 Å². The van der Waals surface area contributed by atoms with Crippen LogP contribution in [0.3, 0.4) is 0 Å². The Morgan fingerprint density at radius 2 is 1.76 bits per heavy atom. The lowest BCUT2D eigenvalue weighted by Crippen LogP contribution is -2.21. The van der Waals surface area contributed by atoms with Gasteiger partial charge in [0.1, 0.15) is 0 Å². The summed E-state index contributed by atoms with van der Waals surface area (Å²) in [6, 6.07) is 15.4. The number of para-hydroxylation sites is 1. The Hall–Kier alpha value is -2.04. The summed E-state index contributed by atoms with van der Waals surface area (Å²) in [5.41, 5.74) is 1.90. The second kappa shape index (κ2) is 7.67. The van der Waals surface area contributed by atoms with Crippen LogP contribution >= 0.6 is 0 Å². The van der Waals surface area contributed by atoms with E-state index in [1.165, 1.54) is 0 Å². The predicted molar refractivity (Wildman–Crippen MR) is 82.7 cm³/mol. The number of rotatable bonds is 7. The van der Waals surface area contributed by atoms with Crippen molar-refractivity contribution in [3.8, 4) is 11.5 Å². The van der Waals surface area contributed by atoms with Gasteiger partial charge in [-0.2, -0.15) is 0 Å². The maximum absolute atomic E-state index is 10.1. The van der Waals surface area contributed by atoms with Crippen LogP contribution in [0.2, 0.25) is 0 Å². The first kappa shape index (κ1) is 15.4. The topological polar surface area (TPSA) is 50.7 Å². The van der Waals surface area contributed by atoms with E-state index in [9.17, 15) is 5.11 Å². The van der Waals surface area contributed by atoms with Crippen molar-refractivity contribution in [2.24, 2.45) is 0 Å². The fourth-order valence-electron chi connectivity index (χ4n) is 2.23. The van der Waals surface area contributed by atoms with Crippen LogP contribution < -0.4 is 14.8 Å². The molecule has 0 amide bonds. The van der Waals surface area contributed by atoms with Crippen LogP contribution in [0.1, 0.15) is 17.2 Å². The first-order valence-corrected chi connectivity index (χ1v) is 6.90. The molecule has 0 bridgehead atoms. The van der Waals surface area contributed by atoms with Gasteiger partial charge in [-0.25, -0.2) is 0 Å². The van der Waals surface area contributed by atoms with Gasteiger partial charge >= 0.3 is 0 Å². The molecule has 112 valence electrons. The lowest BCUT2D eigenvalue weighted by atomic mass is 10.1. The van der Waals surface area contributed by atoms with Crippen molar-refractivity contribution in [1.82, 2.24) is 5.32 Å². The van der Waals surface area contributed by atoms with Crippen molar-refractivity contribution < 1.29 is 14.6 Å². The van der Waals surface area contributed by atoms with Crippen molar-refractivity contribution in [3.05, 3.63) is 59.7 Å². The molecule has 0 aliphatic carbocycles. The molecule has 4 heteroatoms. The van der Waals surface area contributed by atoms with Gasteiger partial charge in [-0.05, 0) is 11.6 Å². The number of methoxy groups -OCH3 is 2. The molecule has 0 spiro atoms. The highest BCUT2D eigenvalue weighted by Gasteiger charge is 2.10. The molecule has 1 atom stereocenters. The standard InChI is InChI=1S/C17H21NO3/c1-20-16-10-6-9-14(17(16)21-2)11-18-12-15(19)13-7-4-3-5-8-13/h3-10,15,18-19H,11-12H2,1-2H3. The molecule has 2 N–H and O–H groups in total. The Kier molecular flexibility index (Phi) is 5.60. The summed E-state index contributed by atoms with van der Waals surface area (Å²) in [5.74, 6) is 1.43. The first-order valence-electron chi connectivity index (χ1n) is 6.90. The van der Waals surface area contributed by atoms with Gasteiger partial charge in [0, 0.05) is 18.7 Å². The molecule has 0 saturated heterocycles. The summed E-state index contributed by atoms with van der Waals surface area (Å²) in [5, 5.41) is 13.3. The molecule has 0 aromatic heterocycles. The van der Waals surface area contributed by atoms with E-state index in [4.69, 9.17) is 9.47 Å². The Bertz CT molecular complexity index is 557. The SMILES string of the molecule is COc1cccc(CNCC(O)c2ccccc2)c1OC. The van der Waals surface area contributed by atoms with Gasteiger partial charge < -0.3 is 19.9 Å². The molecule has 1 unspecified atom stereocenters. The number of benzene rings is 2. The predicted octanol–water partition coefficient (Wildman–Crippen LogP) is 2.53. The van der Waals surface area contributed by atoms with Crippen LogP contribution in [-0.2, 0) is 6.54 Å². The highest BCUT2D eigenvalue weighted by Crippen LogP contribution is 2.30. The van der Waals surface area contributed by atoms with Crippen molar-refractivity contribution in [2.75, 3.05) is 20.8 Å². The minimum absolute atomic E-state index is 0.477. The molecule has 0 heterocycles. The van der Waals surface area contributed by atoms with E-state index in [-0.39, 0.29) is 0 Å². The number of nitrogens with one attached hydrogen (secondary N) is 1. The Balaban J connectivity index is 1.95. The molecule has 0 saturated carbocycles. The third-order valence-electron chi connectivity index (χ3n) is 3.32.